The molecule has 0 bridgehead atoms. The van der Waals surface area contributed by atoms with Crippen LogP contribution in [0.2, 0.25) is 0 Å². The second kappa shape index (κ2) is 7.25. The van der Waals surface area contributed by atoms with Gasteiger partial charge in [0, 0.05) is 6.42 Å². The van der Waals surface area contributed by atoms with E-state index in [4.69, 9.17) is 5.11 Å². The van der Waals surface area contributed by atoms with Crippen molar-refractivity contribution in [2.75, 3.05) is 0 Å². The largest absolute Gasteiger partial charge is 0.481 e. The van der Waals surface area contributed by atoms with Gasteiger partial charge in [-0.25, -0.2) is 0 Å². The van der Waals surface area contributed by atoms with Crippen molar-refractivity contribution in [2.45, 2.75) is 82.8 Å². The molecule has 0 spiro atoms. The highest BCUT2D eigenvalue weighted by molar-refractivity contribution is 5.78. The number of carbonyl (C=O) groups excluding carboxylic acids is 1. The number of aliphatic hydroxyl groups is 1. The Labute approximate surface area is 126 Å². The van der Waals surface area contributed by atoms with Gasteiger partial charge in [0.05, 0.1) is 18.6 Å². The molecule has 0 aromatic rings. The van der Waals surface area contributed by atoms with Crippen LogP contribution in [0.4, 0.5) is 0 Å². The van der Waals surface area contributed by atoms with Crippen LogP contribution in [-0.4, -0.2) is 34.2 Å². The van der Waals surface area contributed by atoms with Crippen LogP contribution in [0.25, 0.3) is 0 Å². The molecule has 0 aromatic carbocycles. The molecule has 0 heterocycles. The fraction of sp³-hybridized carbons (Fsp3) is 0.875. The molecular weight excluding hydrogens is 270 g/mol. The minimum absolute atomic E-state index is 0.0770. The molecule has 2 saturated carbocycles. The summed E-state index contributed by atoms with van der Waals surface area (Å²) in [6, 6.07) is -0.156. The molecule has 2 aliphatic carbocycles. The minimum atomic E-state index is -0.817. The second-order valence-corrected chi connectivity index (χ2v) is 6.83. The average Bonchev–Trinajstić information content (AvgIpc) is 2.41. The molecule has 0 unspecified atom stereocenters. The van der Waals surface area contributed by atoms with Gasteiger partial charge < -0.3 is 15.5 Å². The van der Waals surface area contributed by atoms with E-state index in [1.54, 1.807) is 0 Å². The maximum Gasteiger partial charge on any atom is 0.303 e. The lowest BCUT2D eigenvalue weighted by atomic mass is 9.69. The molecular formula is C16H27NO4. The van der Waals surface area contributed by atoms with E-state index in [0.717, 1.165) is 57.8 Å². The number of aliphatic carboxylic acids is 1. The van der Waals surface area contributed by atoms with E-state index in [1.165, 1.54) is 0 Å². The van der Waals surface area contributed by atoms with Crippen molar-refractivity contribution in [3.63, 3.8) is 0 Å². The first kappa shape index (κ1) is 16.3. The number of carbonyl (C=O) groups is 2. The van der Waals surface area contributed by atoms with E-state index in [-0.39, 0.29) is 30.2 Å². The van der Waals surface area contributed by atoms with Gasteiger partial charge in [0.15, 0.2) is 0 Å². The summed E-state index contributed by atoms with van der Waals surface area (Å²) in [6.45, 7) is 0. The molecule has 0 radical (unpaired) electrons. The van der Waals surface area contributed by atoms with Crippen LogP contribution < -0.4 is 5.32 Å². The predicted molar refractivity (Wildman–Crippen MR) is 78.8 cm³/mol. The highest BCUT2D eigenvalue weighted by atomic mass is 16.4. The van der Waals surface area contributed by atoms with Crippen LogP contribution in [0.15, 0.2) is 0 Å². The number of hydrogen-bond acceptors (Lipinski definition) is 3. The highest BCUT2D eigenvalue weighted by Crippen LogP contribution is 2.42. The molecule has 0 aliphatic heterocycles. The van der Waals surface area contributed by atoms with Crippen LogP contribution in [0.1, 0.15) is 70.6 Å². The van der Waals surface area contributed by atoms with Gasteiger partial charge in [0.1, 0.15) is 0 Å². The van der Waals surface area contributed by atoms with Gasteiger partial charge >= 0.3 is 5.97 Å². The minimum Gasteiger partial charge on any atom is -0.481 e. The summed E-state index contributed by atoms with van der Waals surface area (Å²) in [7, 11) is 0. The van der Waals surface area contributed by atoms with Gasteiger partial charge in [-0.05, 0) is 31.1 Å². The summed E-state index contributed by atoms with van der Waals surface area (Å²) in [5, 5.41) is 22.0. The summed E-state index contributed by atoms with van der Waals surface area (Å²) in [5.74, 6) is -0.911. The summed E-state index contributed by atoms with van der Waals surface area (Å²) in [4.78, 5) is 23.4. The van der Waals surface area contributed by atoms with E-state index >= 15 is 0 Å². The van der Waals surface area contributed by atoms with Gasteiger partial charge in [-0.15, -0.1) is 0 Å². The van der Waals surface area contributed by atoms with Crippen molar-refractivity contribution in [1.82, 2.24) is 5.32 Å². The molecule has 2 atom stereocenters. The van der Waals surface area contributed by atoms with Crippen molar-refractivity contribution >= 4 is 11.9 Å². The van der Waals surface area contributed by atoms with E-state index in [0.29, 0.717) is 0 Å². The van der Waals surface area contributed by atoms with Crippen LogP contribution in [0.5, 0.6) is 0 Å². The molecule has 1 amide bonds. The van der Waals surface area contributed by atoms with E-state index in [9.17, 15) is 14.7 Å². The lowest BCUT2D eigenvalue weighted by molar-refractivity contribution is -0.141. The third-order valence-corrected chi connectivity index (χ3v) is 5.05. The predicted octanol–water partition coefficient (Wildman–Crippen LogP) is 2.22. The normalized spacial score (nSPS) is 28.8. The van der Waals surface area contributed by atoms with E-state index in [1.807, 2.05) is 0 Å². The smallest absolute Gasteiger partial charge is 0.303 e. The fourth-order valence-electron chi connectivity index (χ4n) is 3.92. The maximum absolute atomic E-state index is 12.3. The Morgan fingerprint density at radius 3 is 2.29 bits per heavy atom. The molecule has 2 fully saturated rings. The van der Waals surface area contributed by atoms with Gasteiger partial charge in [0.2, 0.25) is 5.91 Å². The monoisotopic (exact) mass is 297 g/mol. The van der Waals surface area contributed by atoms with Crippen molar-refractivity contribution in [3.05, 3.63) is 0 Å². The summed E-state index contributed by atoms with van der Waals surface area (Å²) in [5.41, 5.74) is -0.381. The van der Waals surface area contributed by atoms with Gasteiger partial charge in [-0.2, -0.15) is 0 Å². The van der Waals surface area contributed by atoms with E-state index < -0.39 is 12.1 Å². The third-order valence-electron chi connectivity index (χ3n) is 5.05. The molecule has 21 heavy (non-hydrogen) atoms. The van der Waals surface area contributed by atoms with Gasteiger partial charge in [0.25, 0.3) is 0 Å². The van der Waals surface area contributed by atoms with E-state index in [2.05, 4.69) is 5.32 Å². The number of amides is 1. The zero-order valence-electron chi connectivity index (χ0n) is 12.6. The summed E-state index contributed by atoms with van der Waals surface area (Å²) in [6.07, 6.45) is 8.28. The quantitative estimate of drug-likeness (QED) is 0.726. The number of carboxylic acids is 1. The van der Waals surface area contributed by atoms with Crippen molar-refractivity contribution in [2.24, 2.45) is 5.41 Å². The lowest BCUT2D eigenvalue weighted by Gasteiger charge is -2.36. The Bertz CT molecular complexity index is 376. The number of aliphatic hydroxyl groups excluding tert-OH is 1. The molecule has 2 aliphatic rings. The van der Waals surface area contributed by atoms with Crippen LogP contribution in [0.3, 0.4) is 0 Å². The molecule has 0 aromatic heterocycles. The first-order valence-electron chi connectivity index (χ1n) is 8.20. The van der Waals surface area contributed by atoms with Crippen molar-refractivity contribution in [3.8, 4) is 0 Å². The molecule has 5 heteroatoms. The van der Waals surface area contributed by atoms with Crippen LogP contribution in [-0.2, 0) is 9.59 Å². The third kappa shape index (κ3) is 4.70. The topological polar surface area (TPSA) is 86.6 Å². The molecule has 120 valence electrons. The molecule has 3 N–H and O–H groups in total. The first-order chi connectivity index (χ1) is 10.0. The summed E-state index contributed by atoms with van der Waals surface area (Å²) >= 11 is 0. The molecule has 2 rings (SSSR count). The van der Waals surface area contributed by atoms with Gasteiger partial charge in [-0.1, -0.05) is 32.1 Å². The Balaban J connectivity index is 1.92. The van der Waals surface area contributed by atoms with Crippen LogP contribution >= 0.6 is 0 Å². The van der Waals surface area contributed by atoms with Gasteiger partial charge in [-0.3, -0.25) is 9.59 Å². The van der Waals surface area contributed by atoms with Crippen molar-refractivity contribution in [1.29, 1.82) is 0 Å². The van der Waals surface area contributed by atoms with Crippen molar-refractivity contribution < 1.29 is 19.8 Å². The summed E-state index contributed by atoms with van der Waals surface area (Å²) < 4.78 is 0. The number of hydrogen-bond donors (Lipinski definition) is 3. The second-order valence-electron chi connectivity index (χ2n) is 6.83. The first-order valence-corrected chi connectivity index (χ1v) is 8.20. The SMILES string of the molecule is O=C(O)CC1(CC(=O)N[C@@H]2CCCC[C@H]2O)CCCCC1. The zero-order valence-corrected chi connectivity index (χ0v) is 12.6. The number of rotatable bonds is 5. The average molecular weight is 297 g/mol. The fourth-order valence-corrected chi connectivity index (χ4v) is 3.92. The Morgan fingerprint density at radius 2 is 1.67 bits per heavy atom. The van der Waals surface area contributed by atoms with Crippen LogP contribution in [0, 0.1) is 5.41 Å². The molecule has 5 nitrogen and oxygen atoms in total. The number of nitrogens with one attached hydrogen (secondary N) is 1. The molecule has 0 saturated heterocycles. The Hall–Kier alpha value is -1.10. The lowest BCUT2D eigenvalue weighted by Crippen LogP contribution is -2.46. The number of carboxylic acid groups (broad SMARTS) is 1. The Morgan fingerprint density at radius 1 is 1.00 bits per heavy atom. The standard InChI is InChI=1S/C16H27NO4/c18-13-7-3-2-6-12(13)17-14(19)10-16(11-15(20)21)8-4-1-5-9-16/h12-13,18H,1-11H2,(H,17,19)(H,20,21)/t12-,13-/m1/s1. The maximum atomic E-state index is 12.3. The Kier molecular flexibility index (Phi) is 5.62. The highest BCUT2D eigenvalue weighted by Gasteiger charge is 2.37. The zero-order chi connectivity index (χ0) is 15.3.